The monoisotopic (exact) mass is 1020 g/mol. The van der Waals surface area contributed by atoms with Gasteiger partial charge in [0.15, 0.2) is 16.7 Å². The summed E-state index contributed by atoms with van der Waals surface area (Å²) in [4.78, 5) is 87.5. The number of hydrogen-bond acceptors (Lipinski definition) is 19. The minimum absolute atomic E-state index is 0.0385. The zero-order valence-corrected chi connectivity index (χ0v) is 42.2. The Labute approximate surface area is 408 Å². The van der Waals surface area contributed by atoms with Crippen molar-refractivity contribution in [1.82, 2.24) is 30.5 Å². The van der Waals surface area contributed by atoms with Crippen molar-refractivity contribution in [3.05, 3.63) is 54.2 Å². The fraction of sp³-hybridized carbons (Fsp3) is 0.512. The first kappa shape index (κ1) is 55.8. The van der Waals surface area contributed by atoms with E-state index in [-0.39, 0.29) is 35.5 Å². The molecule has 4 rings (SSSR count). The first-order valence-corrected chi connectivity index (χ1v) is 23.7. The Balaban J connectivity index is 1.60. The molecule has 0 spiro atoms. The van der Waals surface area contributed by atoms with Crippen molar-refractivity contribution in [3.63, 3.8) is 0 Å². The van der Waals surface area contributed by atoms with Gasteiger partial charge in [-0.2, -0.15) is 18.6 Å². The van der Waals surface area contributed by atoms with Gasteiger partial charge in [-0.1, -0.05) is 29.9 Å². The normalized spacial score (nSPS) is 15.4. The second kappa shape index (κ2) is 22.7. The number of hydrogen-bond donors (Lipinski definition) is 5. The highest BCUT2D eigenvalue weighted by Crippen LogP contribution is 2.33. The molecule has 70 heavy (non-hydrogen) atoms. The van der Waals surface area contributed by atoms with Crippen LogP contribution in [0.2, 0.25) is 0 Å². The summed E-state index contributed by atoms with van der Waals surface area (Å²) in [7, 11) is -5.11. The standard InChI is InChI=1S/C43H59N9O16S2/c1-13-21-62-38(57)47-32-27(22-51(49-32)20-14-19-44-37(56)65-41(5,6)7)25-15-17-26(18-16-25)63-23-29(35(55)64-40(2,3)4)67-50-30(28-24-69-36(45-28)48-39(58)66-42(8,9)10)33(53)46-31-34(54)52(43(31,11)12)68-70(59,60)61/h13,15-18,22,24,29,31H,1,14,19-21,23H2,2-12H3,(H,44,56)(H,46,53)(H,45,48,58)(H,47,49,57)(H,59,60,61)/b50-30-/t29?,31-/m1/s1. The smallest absolute Gasteiger partial charge is 0.418 e. The van der Waals surface area contributed by atoms with Gasteiger partial charge in [0, 0.05) is 30.2 Å². The largest absolute Gasteiger partial charge is 0.489 e. The molecule has 1 aliphatic heterocycles. The van der Waals surface area contributed by atoms with E-state index in [1.807, 2.05) is 0 Å². The molecule has 1 unspecified atom stereocenters. The molecule has 384 valence electrons. The van der Waals surface area contributed by atoms with E-state index in [0.717, 1.165) is 11.3 Å². The number of anilines is 2. The molecule has 5 amide bonds. The van der Waals surface area contributed by atoms with E-state index in [0.29, 0.717) is 29.2 Å². The number of amides is 5. The summed E-state index contributed by atoms with van der Waals surface area (Å²) in [6.07, 6.45) is -0.293. The third-order valence-corrected chi connectivity index (χ3v) is 9.84. The molecule has 0 bridgehead atoms. The Morgan fingerprint density at radius 3 is 2.16 bits per heavy atom. The average molecular weight is 1020 g/mol. The van der Waals surface area contributed by atoms with Crippen LogP contribution in [0.5, 0.6) is 5.75 Å². The number of nitrogens with zero attached hydrogens (tertiary/aromatic N) is 5. The van der Waals surface area contributed by atoms with E-state index in [4.69, 9.17) is 28.5 Å². The number of carbonyl (C=O) groups is 6. The Bertz CT molecular complexity index is 2540. The lowest BCUT2D eigenvalue weighted by Gasteiger charge is -2.50. The molecule has 5 N–H and O–H groups in total. The van der Waals surface area contributed by atoms with Crippen molar-refractivity contribution < 1.29 is 74.5 Å². The molecule has 3 heterocycles. The molecule has 2 atom stereocenters. The SMILES string of the molecule is C=CCOC(=O)Nc1nn(CCCNC(=O)OC(C)(C)C)cc1-c1ccc(OCC(O/N=C(\C(=O)N[C@@H]2C(=O)N(OS(=O)(=O)O)C2(C)C)c2csc(NC(=O)OC(C)(C)C)n2)C(=O)OC(C)(C)C)cc1. The van der Waals surface area contributed by atoms with Crippen LogP contribution < -0.4 is 26.0 Å². The number of alkyl carbamates (subject to hydrolysis) is 1. The number of benzene rings is 1. The van der Waals surface area contributed by atoms with Crippen LogP contribution in [0.1, 0.15) is 88.3 Å². The van der Waals surface area contributed by atoms with Gasteiger partial charge in [-0.05, 0) is 100 Å². The molecular formula is C43H59N9O16S2. The molecule has 1 aromatic carbocycles. The second-order valence-corrected chi connectivity index (χ2v) is 20.6. The summed E-state index contributed by atoms with van der Waals surface area (Å²) in [5, 5.41) is 20.3. The Hall–Kier alpha value is -6.84. The Morgan fingerprint density at radius 1 is 0.943 bits per heavy atom. The number of aromatic nitrogens is 3. The molecular weight excluding hydrogens is 963 g/mol. The van der Waals surface area contributed by atoms with Crippen LogP contribution in [0.4, 0.5) is 25.3 Å². The Kier molecular flexibility index (Phi) is 18.1. The molecule has 3 aromatic rings. The first-order valence-electron chi connectivity index (χ1n) is 21.4. The highest BCUT2D eigenvalue weighted by Gasteiger charge is 2.58. The number of oxime groups is 1. The molecule has 2 aromatic heterocycles. The van der Waals surface area contributed by atoms with E-state index in [9.17, 15) is 41.7 Å². The number of nitrogens with one attached hydrogen (secondary N) is 4. The lowest BCUT2D eigenvalue weighted by molar-refractivity contribution is -0.218. The number of β-lactam (4-membered cyclic amide) rings is 1. The van der Waals surface area contributed by atoms with Crippen LogP contribution >= 0.6 is 11.3 Å². The number of esters is 1. The molecule has 0 saturated carbocycles. The van der Waals surface area contributed by atoms with Gasteiger partial charge in [-0.15, -0.1) is 15.6 Å². The second-order valence-electron chi connectivity index (χ2n) is 18.7. The van der Waals surface area contributed by atoms with E-state index in [2.05, 4.69) is 47.4 Å². The highest BCUT2D eigenvalue weighted by atomic mass is 32.3. The van der Waals surface area contributed by atoms with Crippen LogP contribution in [-0.4, -0.2) is 129 Å². The van der Waals surface area contributed by atoms with Crippen LogP contribution in [0.3, 0.4) is 0 Å². The van der Waals surface area contributed by atoms with Crippen molar-refractivity contribution in [2.45, 2.75) is 124 Å². The van der Waals surface area contributed by atoms with Gasteiger partial charge in [-0.25, -0.2) is 24.2 Å². The van der Waals surface area contributed by atoms with Gasteiger partial charge < -0.3 is 39.2 Å². The van der Waals surface area contributed by atoms with Gasteiger partial charge >= 0.3 is 34.6 Å². The third-order valence-electron chi connectivity index (χ3n) is 8.75. The number of ether oxygens (including phenoxy) is 5. The van der Waals surface area contributed by atoms with E-state index in [1.165, 1.54) is 25.3 Å². The lowest BCUT2D eigenvalue weighted by Crippen LogP contribution is -2.76. The first-order chi connectivity index (χ1) is 32.3. The molecule has 1 aliphatic rings. The van der Waals surface area contributed by atoms with Crippen molar-refractivity contribution in [3.8, 4) is 16.9 Å². The van der Waals surface area contributed by atoms with E-state index >= 15 is 0 Å². The molecule has 1 saturated heterocycles. The number of carbonyl (C=O) groups excluding carboxylic acids is 6. The summed E-state index contributed by atoms with van der Waals surface area (Å²) in [6.45, 7) is 21.3. The van der Waals surface area contributed by atoms with Gasteiger partial charge in [0.25, 0.3) is 17.9 Å². The van der Waals surface area contributed by atoms with Gasteiger partial charge in [0.05, 0.1) is 5.54 Å². The molecule has 27 heteroatoms. The fourth-order valence-electron chi connectivity index (χ4n) is 5.84. The van der Waals surface area contributed by atoms with Crippen molar-refractivity contribution in [2.75, 3.05) is 30.4 Å². The van der Waals surface area contributed by atoms with E-state index in [1.54, 1.807) is 97.5 Å². The van der Waals surface area contributed by atoms with Gasteiger partial charge in [0.2, 0.25) is 0 Å². The number of hydroxylamine groups is 2. The average Bonchev–Trinajstić information content (AvgIpc) is 3.85. The number of thiazole rings is 1. The summed E-state index contributed by atoms with van der Waals surface area (Å²) in [5.74, 6) is -2.72. The van der Waals surface area contributed by atoms with E-state index < -0.39 is 93.3 Å². The zero-order chi connectivity index (χ0) is 52.4. The minimum atomic E-state index is -5.11. The molecule has 25 nitrogen and oxygen atoms in total. The predicted octanol–water partition coefficient (Wildman–Crippen LogP) is 5.35. The molecule has 0 radical (unpaired) electrons. The topological polar surface area (TPSA) is 316 Å². The predicted molar refractivity (Wildman–Crippen MR) is 252 cm³/mol. The van der Waals surface area contributed by atoms with Crippen molar-refractivity contribution in [2.24, 2.45) is 5.16 Å². The lowest BCUT2D eigenvalue weighted by atomic mass is 9.84. The number of aryl methyl sites for hydroxylation is 1. The van der Waals surface area contributed by atoms with Crippen LogP contribution in [-0.2, 0) is 59.4 Å². The van der Waals surface area contributed by atoms with Gasteiger partial charge in [-0.3, -0.25) is 29.5 Å². The fourth-order valence-corrected chi connectivity index (χ4v) is 6.97. The molecule has 1 fully saturated rings. The summed E-state index contributed by atoms with van der Waals surface area (Å²) in [6, 6.07) is 5.00. The Morgan fingerprint density at radius 2 is 1.57 bits per heavy atom. The summed E-state index contributed by atoms with van der Waals surface area (Å²) in [5.41, 5.74) is -3.82. The van der Waals surface area contributed by atoms with Crippen LogP contribution in [0.15, 0.2) is 53.7 Å². The summed E-state index contributed by atoms with van der Waals surface area (Å²) < 4.78 is 65.1. The molecule has 0 aliphatic carbocycles. The maximum absolute atomic E-state index is 13.9. The zero-order valence-electron chi connectivity index (χ0n) is 40.6. The van der Waals surface area contributed by atoms with Crippen LogP contribution in [0, 0.1) is 0 Å². The number of rotatable bonds is 20. The minimum Gasteiger partial charge on any atom is -0.489 e. The maximum atomic E-state index is 13.9. The van der Waals surface area contributed by atoms with Crippen LogP contribution in [0.25, 0.3) is 11.1 Å². The van der Waals surface area contributed by atoms with Gasteiger partial charge in [0.1, 0.15) is 47.5 Å². The summed E-state index contributed by atoms with van der Waals surface area (Å²) >= 11 is 0.866. The highest BCUT2D eigenvalue weighted by molar-refractivity contribution is 7.80. The third kappa shape index (κ3) is 17.3. The van der Waals surface area contributed by atoms with Crippen molar-refractivity contribution in [1.29, 1.82) is 0 Å². The quantitative estimate of drug-likeness (QED) is 0.0139. The van der Waals surface area contributed by atoms with Crippen molar-refractivity contribution >= 4 is 74.5 Å². The maximum Gasteiger partial charge on any atom is 0.418 e.